The summed E-state index contributed by atoms with van der Waals surface area (Å²) in [5.74, 6) is -1.52. The van der Waals surface area contributed by atoms with E-state index >= 15 is 0 Å². The topological polar surface area (TPSA) is 15.3 Å². The van der Waals surface area contributed by atoms with E-state index in [2.05, 4.69) is 5.32 Å². The first-order valence-corrected chi connectivity index (χ1v) is 6.26. The predicted octanol–water partition coefficient (Wildman–Crippen LogP) is 2.57. The second-order valence-electron chi connectivity index (χ2n) is 4.56. The Morgan fingerprint density at radius 3 is 2.21 bits per heavy atom. The fraction of sp³-hybridized carbons (Fsp3) is 0.538. The molecule has 1 aliphatic rings. The van der Waals surface area contributed by atoms with Crippen LogP contribution < -0.4 is 5.32 Å². The van der Waals surface area contributed by atoms with Crippen molar-refractivity contribution < 1.29 is 17.6 Å². The maximum atomic E-state index is 13.8. The van der Waals surface area contributed by atoms with E-state index < -0.39 is 30.5 Å². The Morgan fingerprint density at radius 1 is 1.11 bits per heavy atom. The fourth-order valence-electron chi connectivity index (χ4n) is 2.44. The Morgan fingerprint density at radius 2 is 1.68 bits per heavy atom. The maximum absolute atomic E-state index is 13.8. The summed E-state index contributed by atoms with van der Waals surface area (Å²) in [7, 11) is 0. The van der Waals surface area contributed by atoms with Gasteiger partial charge < -0.3 is 5.32 Å². The van der Waals surface area contributed by atoms with Gasteiger partial charge in [-0.15, -0.1) is 0 Å². The van der Waals surface area contributed by atoms with Crippen LogP contribution in [0.5, 0.6) is 0 Å². The molecule has 0 spiro atoms. The molecule has 0 amide bonds. The standard InChI is InChI=1S/C13H16F4N2/c14-9-2-1-3-10(15)13(9)11(8-12(16)17)19-6-4-18-5-7-19/h1-3,11-12,18H,4-8H2/t11-/m1/s1. The van der Waals surface area contributed by atoms with Gasteiger partial charge in [0.25, 0.3) is 0 Å². The highest BCUT2D eigenvalue weighted by atomic mass is 19.3. The summed E-state index contributed by atoms with van der Waals surface area (Å²) in [4.78, 5) is 1.71. The van der Waals surface area contributed by atoms with Gasteiger partial charge >= 0.3 is 0 Å². The number of hydrogen-bond donors (Lipinski definition) is 1. The molecular weight excluding hydrogens is 260 g/mol. The van der Waals surface area contributed by atoms with Crippen molar-refractivity contribution in [3.8, 4) is 0 Å². The van der Waals surface area contributed by atoms with Crippen LogP contribution in [0.25, 0.3) is 0 Å². The minimum atomic E-state index is -2.60. The monoisotopic (exact) mass is 276 g/mol. The normalized spacial score (nSPS) is 18.8. The molecule has 1 aromatic carbocycles. The zero-order chi connectivity index (χ0) is 13.8. The summed E-state index contributed by atoms with van der Waals surface area (Å²) in [6, 6.07) is 2.55. The van der Waals surface area contributed by atoms with Crippen molar-refractivity contribution in [3.63, 3.8) is 0 Å². The van der Waals surface area contributed by atoms with Crippen LogP contribution in [0.1, 0.15) is 18.0 Å². The quantitative estimate of drug-likeness (QED) is 0.850. The molecule has 1 N–H and O–H groups in total. The van der Waals surface area contributed by atoms with Crippen molar-refractivity contribution in [3.05, 3.63) is 35.4 Å². The summed E-state index contributed by atoms with van der Waals surface area (Å²) in [5.41, 5.74) is -0.246. The van der Waals surface area contributed by atoms with Crippen LogP contribution in [-0.2, 0) is 0 Å². The van der Waals surface area contributed by atoms with Crippen LogP contribution in [0.4, 0.5) is 17.6 Å². The number of benzene rings is 1. The molecule has 0 unspecified atom stereocenters. The number of hydrogen-bond acceptors (Lipinski definition) is 2. The van der Waals surface area contributed by atoms with E-state index in [9.17, 15) is 17.6 Å². The van der Waals surface area contributed by atoms with Crippen LogP contribution in [0.3, 0.4) is 0 Å². The Bertz CT molecular complexity index is 399. The van der Waals surface area contributed by atoms with E-state index in [1.165, 1.54) is 6.07 Å². The lowest BCUT2D eigenvalue weighted by atomic mass is 10.00. The van der Waals surface area contributed by atoms with Crippen molar-refractivity contribution in [2.45, 2.75) is 18.9 Å². The fourth-order valence-corrected chi connectivity index (χ4v) is 2.44. The zero-order valence-electron chi connectivity index (χ0n) is 10.4. The highest BCUT2D eigenvalue weighted by Crippen LogP contribution is 2.31. The molecule has 1 saturated heterocycles. The van der Waals surface area contributed by atoms with Crippen LogP contribution in [0.15, 0.2) is 18.2 Å². The van der Waals surface area contributed by atoms with Gasteiger partial charge in [-0.05, 0) is 12.1 Å². The Hall–Kier alpha value is -1.14. The Balaban J connectivity index is 2.30. The molecule has 0 aromatic heterocycles. The Kier molecular flexibility index (Phi) is 4.76. The van der Waals surface area contributed by atoms with Crippen LogP contribution in [-0.4, -0.2) is 37.5 Å². The third-order valence-corrected chi connectivity index (χ3v) is 3.33. The largest absolute Gasteiger partial charge is 0.314 e. The number of alkyl halides is 2. The average Bonchev–Trinajstić information content (AvgIpc) is 2.38. The third kappa shape index (κ3) is 3.45. The van der Waals surface area contributed by atoms with E-state index in [0.29, 0.717) is 26.2 Å². The molecule has 2 nitrogen and oxygen atoms in total. The highest BCUT2D eigenvalue weighted by molar-refractivity contribution is 5.23. The molecule has 0 aliphatic carbocycles. The molecular formula is C13H16F4N2. The van der Waals surface area contributed by atoms with Crippen LogP contribution in [0.2, 0.25) is 0 Å². The molecule has 1 fully saturated rings. The molecule has 6 heteroatoms. The van der Waals surface area contributed by atoms with Crippen LogP contribution in [0, 0.1) is 11.6 Å². The van der Waals surface area contributed by atoms with Crippen molar-refractivity contribution in [1.82, 2.24) is 10.2 Å². The Labute approximate surface area is 109 Å². The van der Waals surface area contributed by atoms with E-state index in [1.54, 1.807) is 4.90 Å². The molecule has 1 aliphatic heterocycles. The van der Waals surface area contributed by atoms with Gasteiger partial charge in [0.15, 0.2) is 0 Å². The number of nitrogens with one attached hydrogen (secondary N) is 1. The van der Waals surface area contributed by atoms with Gasteiger partial charge in [-0.2, -0.15) is 0 Å². The smallest absolute Gasteiger partial charge is 0.240 e. The van der Waals surface area contributed by atoms with E-state index in [1.807, 2.05) is 0 Å². The maximum Gasteiger partial charge on any atom is 0.240 e. The van der Waals surface area contributed by atoms with Gasteiger partial charge in [0.1, 0.15) is 11.6 Å². The molecule has 1 aromatic rings. The number of nitrogens with zero attached hydrogens (tertiary/aromatic N) is 1. The first kappa shape index (κ1) is 14.3. The highest BCUT2D eigenvalue weighted by Gasteiger charge is 2.29. The number of rotatable bonds is 4. The lowest BCUT2D eigenvalue weighted by Crippen LogP contribution is -2.46. The summed E-state index contributed by atoms with van der Waals surface area (Å²) in [6.07, 6.45) is -3.16. The van der Waals surface area contributed by atoms with E-state index in [4.69, 9.17) is 0 Å². The molecule has 106 valence electrons. The van der Waals surface area contributed by atoms with Gasteiger partial charge in [0.2, 0.25) is 6.43 Å². The SMILES string of the molecule is Fc1cccc(F)c1[C@@H](CC(F)F)N1CCNCC1. The van der Waals surface area contributed by atoms with Crippen molar-refractivity contribution in [2.24, 2.45) is 0 Å². The molecule has 0 radical (unpaired) electrons. The van der Waals surface area contributed by atoms with Crippen molar-refractivity contribution in [1.29, 1.82) is 0 Å². The minimum Gasteiger partial charge on any atom is -0.314 e. The summed E-state index contributed by atoms with van der Waals surface area (Å²) in [6.45, 7) is 2.28. The van der Waals surface area contributed by atoms with Crippen molar-refractivity contribution >= 4 is 0 Å². The first-order valence-electron chi connectivity index (χ1n) is 6.26. The molecule has 1 heterocycles. The zero-order valence-corrected chi connectivity index (χ0v) is 10.4. The van der Waals surface area contributed by atoms with Crippen LogP contribution >= 0.6 is 0 Å². The van der Waals surface area contributed by atoms with Gasteiger partial charge in [-0.1, -0.05) is 6.07 Å². The second-order valence-corrected chi connectivity index (χ2v) is 4.56. The van der Waals surface area contributed by atoms with Gasteiger partial charge in [-0.25, -0.2) is 17.6 Å². The first-order chi connectivity index (χ1) is 9.09. The molecule has 19 heavy (non-hydrogen) atoms. The minimum absolute atomic E-state index is 0.246. The average molecular weight is 276 g/mol. The number of halogens is 4. The third-order valence-electron chi connectivity index (χ3n) is 3.33. The molecule has 1 atom stereocenters. The predicted molar refractivity (Wildman–Crippen MR) is 64.2 cm³/mol. The lowest BCUT2D eigenvalue weighted by molar-refractivity contribution is 0.0710. The summed E-state index contributed by atoms with van der Waals surface area (Å²) < 4.78 is 53.0. The van der Waals surface area contributed by atoms with Gasteiger partial charge in [0.05, 0.1) is 0 Å². The van der Waals surface area contributed by atoms with E-state index in [-0.39, 0.29) is 5.56 Å². The lowest BCUT2D eigenvalue weighted by Gasteiger charge is -2.35. The van der Waals surface area contributed by atoms with Crippen molar-refractivity contribution in [2.75, 3.05) is 26.2 Å². The molecule has 0 bridgehead atoms. The van der Waals surface area contributed by atoms with Gasteiger partial charge in [-0.3, -0.25) is 4.90 Å². The van der Waals surface area contributed by atoms with E-state index in [0.717, 1.165) is 12.1 Å². The summed E-state index contributed by atoms with van der Waals surface area (Å²) in [5, 5.41) is 3.09. The molecule has 2 rings (SSSR count). The van der Waals surface area contributed by atoms with Gasteiger partial charge in [0, 0.05) is 44.2 Å². The second kappa shape index (κ2) is 6.34. The molecule has 0 saturated carbocycles. The number of piperazine rings is 1. The summed E-state index contributed by atoms with van der Waals surface area (Å²) >= 11 is 0.